The zero-order chi connectivity index (χ0) is 13.0. The lowest BCUT2D eigenvalue weighted by molar-refractivity contribution is 0.0602. The highest BCUT2D eigenvalue weighted by molar-refractivity contribution is 7.09. The van der Waals surface area contributed by atoms with Crippen LogP contribution >= 0.6 is 11.3 Å². The molecule has 5 heteroatoms. The zero-order valence-electron chi connectivity index (χ0n) is 9.97. The van der Waals surface area contributed by atoms with Crippen LogP contribution in [0.15, 0.2) is 35.7 Å². The summed E-state index contributed by atoms with van der Waals surface area (Å²) in [6, 6.07) is 9.31. The van der Waals surface area contributed by atoms with Gasteiger partial charge in [-0.05, 0) is 23.6 Å². The summed E-state index contributed by atoms with van der Waals surface area (Å²) in [5.74, 6) is -0.424. The van der Waals surface area contributed by atoms with Gasteiger partial charge in [0.25, 0.3) is 0 Å². The molecule has 0 aliphatic carbocycles. The van der Waals surface area contributed by atoms with Gasteiger partial charge in [-0.1, -0.05) is 12.1 Å². The van der Waals surface area contributed by atoms with Crippen LogP contribution < -0.4 is 11.1 Å². The number of para-hydroxylation sites is 1. The molecule has 3 N–H and O–H groups in total. The Bertz CT molecular complexity index is 538. The number of hydrogen-bond acceptors (Lipinski definition) is 5. The maximum absolute atomic E-state index is 11.5. The number of carbonyl (C=O) groups is 1. The van der Waals surface area contributed by atoms with Crippen LogP contribution in [0.4, 0.5) is 11.4 Å². The quantitative estimate of drug-likeness (QED) is 0.657. The van der Waals surface area contributed by atoms with Crippen molar-refractivity contribution in [3.8, 4) is 0 Å². The van der Waals surface area contributed by atoms with E-state index >= 15 is 0 Å². The summed E-state index contributed by atoms with van der Waals surface area (Å²) in [5, 5.41) is 5.23. The average Bonchev–Trinajstić information content (AvgIpc) is 2.90. The summed E-state index contributed by atoms with van der Waals surface area (Å²) in [6.07, 6.45) is 0. The molecule has 0 unspecified atom stereocenters. The van der Waals surface area contributed by atoms with Crippen LogP contribution in [-0.4, -0.2) is 13.1 Å². The van der Waals surface area contributed by atoms with E-state index in [-0.39, 0.29) is 0 Å². The molecule has 4 nitrogen and oxygen atoms in total. The molecule has 0 amide bonds. The van der Waals surface area contributed by atoms with Crippen molar-refractivity contribution in [2.75, 3.05) is 18.2 Å². The maximum Gasteiger partial charge on any atom is 0.340 e. The Labute approximate surface area is 109 Å². The number of carbonyl (C=O) groups excluding carboxylic acids is 1. The minimum absolute atomic E-state index is 0.383. The number of esters is 1. The van der Waals surface area contributed by atoms with E-state index in [0.717, 1.165) is 5.69 Å². The zero-order valence-corrected chi connectivity index (χ0v) is 10.8. The van der Waals surface area contributed by atoms with Crippen molar-refractivity contribution >= 4 is 28.7 Å². The molecule has 0 spiro atoms. The van der Waals surface area contributed by atoms with Crippen LogP contribution in [-0.2, 0) is 11.3 Å². The normalized spacial score (nSPS) is 10.1. The highest BCUT2D eigenvalue weighted by atomic mass is 32.1. The average molecular weight is 262 g/mol. The van der Waals surface area contributed by atoms with Crippen LogP contribution in [0.3, 0.4) is 0 Å². The first kappa shape index (κ1) is 12.4. The summed E-state index contributed by atoms with van der Waals surface area (Å²) in [5.41, 5.74) is 7.48. The molecule has 18 heavy (non-hydrogen) atoms. The van der Waals surface area contributed by atoms with Gasteiger partial charge < -0.3 is 15.8 Å². The second-order valence-electron chi connectivity index (χ2n) is 3.69. The molecule has 0 radical (unpaired) electrons. The molecule has 0 aliphatic rings. The summed E-state index contributed by atoms with van der Waals surface area (Å²) in [6.45, 7) is 0.687. The van der Waals surface area contributed by atoms with Crippen molar-refractivity contribution < 1.29 is 9.53 Å². The molecule has 0 atom stereocenters. The Balaban J connectivity index is 2.16. The first-order valence-corrected chi connectivity index (χ1v) is 6.33. The third-order valence-corrected chi connectivity index (χ3v) is 3.42. The van der Waals surface area contributed by atoms with Gasteiger partial charge >= 0.3 is 5.97 Å². The van der Waals surface area contributed by atoms with Crippen molar-refractivity contribution in [1.82, 2.24) is 0 Å². The predicted octanol–water partition coefficient (Wildman–Crippen LogP) is 2.73. The van der Waals surface area contributed by atoms with Crippen molar-refractivity contribution in [1.29, 1.82) is 0 Å². The van der Waals surface area contributed by atoms with Gasteiger partial charge in [0.1, 0.15) is 0 Å². The van der Waals surface area contributed by atoms with E-state index in [4.69, 9.17) is 5.73 Å². The molecule has 0 saturated carbocycles. The lowest BCUT2D eigenvalue weighted by Gasteiger charge is -2.11. The van der Waals surface area contributed by atoms with Crippen LogP contribution in [0.2, 0.25) is 0 Å². The molecular formula is C13H14N2O2S. The molecule has 0 saturated heterocycles. The van der Waals surface area contributed by atoms with Crippen molar-refractivity contribution in [2.24, 2.45) is 0 Å². The van der Waals surface area contributed by atoms with Crippen LogP contribution in [0, 0.1) is 0 Å². The molecule has 94 valence electrons. The fourth-order valence-corrected chi connectivity index (χ4v) is 2.25. The van der Waals surface area contributed by atoms with Gasteiger partial charge in [-0.2, -0.15) is 0 Å². The number of methoxy groups -OCH3 is 1. The Morgan fingerprint density at radius 3 is 2.89 bits per heavy atom. The molecule has 1 aromatic heterocycles. The second kappa shape index (κ2) is 5.55. The molecule has 2 aromatic rings. The van der Waals surface area contributed by atoms with Crippen molar-refractivity contribution in [3.63, 3.8) is 0 Å². The van der Waals surface area contributed by atoms with Gasteiger partial charge in [0.05, 0.1) is 24.0 Å². The Morgan fingerprint density at radius 1 is 1.39 bits per heavy atom. The van der Waals surface area contributed by atoms with Crippen molar-refractivity contribution in [2.45, 2.75) is 6.54 Å². The molecule has 0 bridgehead atoms. The van der Waals surface area contributed by atoms with Gasteiger partial charge in [0.2, 0.25) is 0 Å². The second-order valence-corrected chi connectivity index (χ2v) is 4.72. The molecular weight excluding hydrogens is 248 g/mol. The van der Waals surface area contributed by atoms with Crippen LogP contribution in [0.25, 0.3) is 0 Å². The lowest BCUT2D eigenvalue weighted by atomic mass is 10.1. The first-order chi connectivity index (χ1) is 8.72. The maximum atomic E-state index is 11.5. The predicted molar refractivity (Wildman–Crippen MR) is 73.8 cm³/mol. The van der Waals surface area contributed by atoms with Gasteiger partial charge in [-0.15, -0.1) is 11.3 Å². The molecule has 0 aliphatic heterocycles. The molecule has 1 heterocycles. The summed E-state index contributed by atoms with van der Waals surface area (Å²) in [4.78, 5) is 12.7. The number of hydrogen-bond donors (Lipinski definition) is 2. The van der Waals surface area contributed by atoms with Crippen molar-refractivity contribution in [3.05, 3.63) is 46.2 Å². The minimum Gasteiger partial charge on any atom is -0.465 e. The molecule has 2 rings (SSSR count). The number of thiophene rings is 1. The van der Waals surface area contributed by atoms with Gasteiger partial charge in [0, 0.05) is 11.4 Å². The van der Waals surface area contributed by atoms with Gasteiger partial charge in [0.15, 0.2) is 0 Å². The first-order valence-electron chi connectivity index (χ1n) is 5.45. The monoisotopic (exact) mass is 262 g/mol. The Morgan fingerprint density at radius 2 is 2.22 bits per heavy atom. The Hall–Kier alpha value is -2.01. The fourth-order valence-electron chi connectivity index (χ4n) is 1.60. The number of ether oxygens (including phenoxy) is 1. The highest BCUT2D eigenvalue weighted by Gasteiger charge is 2.12. The van der Waals surface area contributed by atoms with E-state index in [1.807, 2.05) is 23.6 Å². The number of benzene rings is 1. The van der Waals surface area contributed by atoms with E-state index in [2.05, 4.69) is 10.1 Å². The highest BCUT2D eigenvalue weighted by Crippen LogP contribution is 2.24. The summed E-state index contributed by atoms with van der Waals surface area (Å²) >= 11 is 1.67. The fraction of sp³-hybridized carbons (Fsp3) is 0.154. The molecule has 0 fully saturated rings. The number of nitrogens with two attached hydrogens (primary N) is 1. The number of nitrogen functional groups attached to an aromatic ring is 1. The van der Waals surface area contributed by atoms with Crippen LogP contribution in [0.5, 0.6) is 0 Å². The van der Waals surface area contributed by atoms with Gasteiger partial charge in [-0.25, -0.2) is 4.79 Å². The lowest BCUT2D eigenvalue weighted by Crippen LogP contribution is -2.08. The number of nitrogens with one attached hydrogen (secondary N) is 1. The third-order valence-electron chi connectivity index (χ3n) is 2.54. The van der Waals surface area contributed by atoms with E-state index in [9.17, 15) is 4.79 Å². The minimum atomic E-state index is -0.424. The summed E-state index contributed by atoms with van der Waals surface area (Å²) < 4.78 is 4.68. The van der Waals surface area contributed by atoms with Crippen LogP contribution in [0.1, 0.15) is 15.2 Å². The smallest absolute Gasteiger partial charge is 0.340 e. The number of rotatable bonds is 4. The standard InChI is InChI=1S/C13H14N2O2S/c1-17-13(16)10-5-2-6-11(12(10)14)15-8-9-4-3-7-18-9/h2-7,15H,8,14H2,1H3. The molecule has 1 aromatic carbocycles. The number of anilines is 2. The van der Waals surface area contributed by atoms with E-state index < -0.39 is 5.97 Å². The third kappa shape index (κ3) is 2.62. The summed E-state index contributed by atoms with van der Waals surface area (Å²) in [7, 11) is 1.34. The topological polar surface area (TPSA) is 64.3 Å². The van der Waals surface area contributed by atoms with E-state index in [1.165, 1.54) is 12.0 Å². The van der Waals surface area contributed by atoms with E-state index in [0.29, 0.717) is 17.8 Å². The van der Waals surface area contributed by atoms with Gasteiger partial charge in [-0.3, -0.25) is 0 Å². The Kier molecular flexibility index (Phi) is 3.84. The SMILES string of the molecule is COC(=O)c1cccc(NCc2cccs2)c1N. The van der Waals surface area contributed by atoms with E-state index in [1.54, 1.807) is 23.5 Å². The largest absolute Gasteiger partial charge is 0.465 e.